The summed E-state index contributed by atoms with van der Waals surface area (Å²) in [4.78, 5) is 30.0. The highest BCUT2D eigenvalue weighted by molar-refractivity contribution is 9.10. The molecular formula is C32H36Br2F3N7O5S. The van der Waals surface area contributed by atoms with Crippen molar-refractivity contribution in [3.63, 3.8) is 0 Å². The molecule has 4 aliphatic rings. The van der Waals surface area contributed by atoms with Gasteiger partial charge in [-0.3, -0.25) is 9.59 Å². The number of likely N-dealkylation sites (tertiary alicyclic amines) is 1. The first-order valence-corrected chi connectivity index (χ1v) is 19.4. The third-order valence-corrected chi connectivity index (χ3v) is 10.7. The Morgan fingerprint density at radius 1 is 0.740 bits per heavy atom. The minimum Gasteiger partial charge on any atom is -0.374 e. The molecule has 0 radical (unpaired) electrons. The van der Waals surface area contributed by atoms with E-state index >= 15 is 0 Å². The molecule has 18 heteroatoms. The predicted molar refractivity (Wildman–Crippen MR) is 186 cm³/mol. The summed E-state index contributed by atoms with van der Waals surface area (Å²) in [5.74, 6) is 1.09. The highest BCUT2D eigenvalue weighted by Crippen LogP contribution is 2.33. The maximum Gasteiger partial charge on any atom is 0.534 e. The second-order valence-corrected chi connectivity index (χ2v) is 16.0. The molecule has 4 aromatic heterocycles. The van der Waals surface area contributed by atoms with Crippen molar-refractivity contribution in [2.75, 3.05) is 44.2 Å². The molecule has 270 valence electrons. The third kappa shape index (κ3) is 8.73. The van der Waals surface area contributed by atoms with Crippen LogP contribution in [0.1, 0.15) is 44.9 Å². The van der Waals surface area contributed by atoms with Crippen molar-refractivity contribution < 1.29 is 35.4 Å². The van der Waals surface area contributed by atoms with Crippen LogP contribution >= 0.6 is 31.9 Å². The molecular weight excluding hydrogens is 811 g/mol. The number of rotatable bonds is 5. The van der Waals surface area contributed by atoms with Crippen molar-refractivity contribution in [1.29, 1.82) is 0 Å². The van der Waals surface area contributed by atoms with Crippen LogP contribution < -0.4 is 9.08 Å². The van der Waals surface area contributed by atoms with Crippen molar-refractivity contribution in [2.45, 2.75) is 50.5 Å². The van der Waals surface area contributed by atoms with E-state index in [9.17, 15) is 31.2 Å². The van der Waals surface area contributed by atoms with Crippen LogP contribution in [0.25, 0.3) is 11.0 Å². The number of fused-ring (bicyclic) bond motifs is 2. The van der Waals surface area contributed by atoms with Gasteiger partial charge in [0.15, 0.2) is 5.75 Å². The number of nitrogens with zero attached hydrogens (tertiary/aromatic N) is 7. The standard InChI is InChI=1S/C15H17BrN4O.C9H15NO.C8H4BrF3N2O3S/c16-12-9-14-13(3-4-17-20(14)10-12)18-5-7-19(8-6-18)15(21)11-1-2-11;11-9(8-4-5-8)10-6-2-1-3-7-10;9-5-3-6-7(1-2-13-14(6)4-5)17-18(15,16)8(10,11)12/h3-4,9-11H,1-2,5-8H2;8H,1-7H2;1-4H. The molecule has 0 atom stereocenters. The van der Waals surface area contributed by atoms with Crippen LogP contribution in [0.2, 0.25) is 0 Å². The van der Waals surface area contributed by atoms with Gasteiger partial charge in [0.25, 0.3) is 0 Å². The number of piperazine rings is 1. The van der Waals surface area contributed by atoms with E-state index in [4.69, 9.17) is 0 Å². The van der Waals surface area contributed by atoms with Gasteiger partial charge in [-0.15, -0.1) is 0 Å². The molecule has 0 aromatic carbocycles. The van der Waals surface area contributed by atoms with E-state index < -0.39 is 21.4 Å². The third-order valence-electron chi connectivity index (χ3n) is 8.83. The zero-order valence-electron chi connectivity index (χ0n) is 26.9. The number of piperidine rings is 1. The molecule has 2 saturated heterocycles. The number of carbonyl (C=O) groups excluding carboxylic acids is 2. The lowest BCUT2D eigenvalue weighted by Crippen LogP contribution is -2.49. The molecule has 0 spiro atoms. The van der Waals surface area contributed by atoms with Crippen LogP contribution in [-0.2, 0) is 19.7 Å². The number of anilines is 1. The predicted octanol–water partition coefficient (Wildman–Crippen LogP) is 5.89. The number of carbonyl (C=O) groups is 2. The summed E-state index contributed by atoms with van der Waals surface area (Å²) >= 11 is 6.59. The largest absolute Gasteiger partial charge is 0.534 e. The van der Waals surface area contributed by atoms with Crippen molar-refractivity contribution in [3.05, 3.63) is 58.0 Å². The van der Waals surface area contributed by atoms with Crippen LogP contribution in [0.5, 0.6) is 5.75 Å². The molecule has 2 aliphatic heterocycles. The number of alkyl halides is 3. The summed E-state index contributed by atoms with van der Waals surface area (Å²) in [6, 6.07) is 6.56. The van der Waals surface area contributed by atoms with E-state index in [0.29, 0.717) is 28.1 Å². The summed E-state index contributed by atoms with van der Waals surface area (Å²) < 4.78 is 67.0. The Balaban J connectivity index is 0.000000136. The van der Waals surface area contributed by atoms with Gasteiger partial charge in [-0.25, -0.2) is 9.03 Å². The highest BCUT2D eigenvalue weighted by atomic mass is 79.9. The van der Waals surface area contributed by atoms with Crippen LogP contribution in [0.4, 0.5) is 18.9 Å². The van der Waals surface area contributed by atoms with Crippen molar-refractivity contribution >= 4 is 70.5 Å². The Morgan fingerprint density at radius 3 is 1.78 bits per heavy atom. The highest BCUT2D eigenvalue weighted by Gasteiger charge is 2.48. The fourth-order valence-electron chi connectivity index (χ4n) is 5.89. The number of amides is 2. The van der Waals surface area contributed by atoms with E-state index in [1.165, 1.54) is 41.7 Å². The minimum atomic E-state index is -5.69. The van der Waals surface area contributed by atoms with Gasteiger partial charge in [0.1, 0.15) is 5.52 Å². The Bertz CT molecular complexity index is 1950. The molecule has 12 nitrogen and oxygen atoms in total. The molecule has 0 N–H and O–H groups in total. The van der Waals surface area contributed by atoms with Crippen molar-refractivity contribution in [3.8, 4) is 5.75 Å². The lowest BCUT2D eigenvalue weighted by Gasteiger charge is -2.36. The lowest BCUT2D eigenvalue weighted by molar-refractivity contribution is -0.133. The van der Waals surface area contributed by atoms with Gasteiger partial charge >= 0.3 is 15.6 Å². The molecule has 2 amide bonds. The molecule has 4 aromatic rings. The second kappa shape index (κ2) is 15.1. The SMILES string of the molecule is O=C(C1CC1)N1CCCCC1.O=C(C1CC1)N1CCN(c2ccnn3cc(Br)cc23)CC1.O=S(=O)(Oc1ccnn2cc(Br)cc12)C(F)(F)F. The smallest absolute Gasteiger partial charge is 0.374 e. The average Bonchev–Trinajstić information content (AvgIpc) is 4.03. The maximum absolute atomic E-state index is 12.2. The maximum atomic E-state index is 12.2. The Kier molecular flexibility index (Phi) is 11.0. The quantitative estimate of drug-likeness (QED) is 0.180. The van der Waals surface area contributed by atoms with Gasteiger partial charge in [0, 0.05) is 84.7 Å². The van der Waals surface area contributed by atoms with Crippen molar-refractivity contribution in [1.82, 2.24) is 29.0 Å². The first-order valence-electron chi connectivity index (χ1n) is 16.4. The van der Waals surface area contributed by atoms with Crippen molar-refractivity contribution in [2.24, 2.45) is 11.8 Å². The summed E-state index contributed by atoms with van der Waals surface area (Å²) in [6.45, 7) is 5.48. The van der Waals surface area contributed by atoms with Gasteiger partial charge in [0.2, 0.25) is 11.8 Å². The Morgan fingerprint density at radius 2 is 1.24 bits per heavy atom. The molecule has 2 aliphatic carbocycles. The van der Waals surface area contributed by atoms with Crippen LogP contribution in [0.3, 0.4) is 0 Å². The van der Waals surface area contributed by atoms with Gasteiger partial charge in [0.05, 0.1) is 17.4 Å². The normalized spacial score (nSPS) is 18.3. The summed E-state index contributed by atoms with van der Waals surface area (Å²) in [5, 5.41) is 8.11. The molecule has 6 heterocycles. The molecule has 4 fully saturated rings. The first kappa shape index (κ1) is 36.4. The minimum absolute atomic E-state index is 0.0946. The van der Waals surface area contributed by atoms with E-state index in [-0.39, 0.29) is 5.52 Å². The molecule has 0 bridgehead atoms. The van der Waals surface area contributed by atoms with Gasteiger partial charge < -0.3 is 18.9 Å². The van der Waals surface area contributed by atoms with E-state index in [2.05, 4.69) is 68.2 Å². The summed E-state index contributed by atoms with van der Waals surface area (Å²) in [7, 11) is -5.69. The van der Waals surface area contributed by atoms with Crippen LogP contribution in [0, 0.1) is 11.8 Å². The molecule has 50 heavy (non-hydrogen) atoms. The summed E-state index contributed by atoms with van der Waals surface area (Å²) in [5.41, 5.74) is -3.09. The monoisotopic (exact) mass is 845 g/mol. The van der Waals surface area contributed by atoms with Gasteiger partial charge in [-0.05, 0) is 95.0 Å². The van der Waals surface area contributed by atoms with E-state index in [0.717, 1.165) is 87.2 Å². The fourth-order valence-corrected chi connectivity index (χ4v) is 7.18. The van der Waals surface area contributed by atoms with E-state index in [1.807, 2.05) is 21.8 Å². The fraction of sp³-hybridized carbons (Fsp3) is 0.500. The number of aromatic nitrogens is 4. The first-order chi connectivity index (χ1) is 23.8. The molecule has 8 rings (SSSR count). The van der Waals surface area contributed by atoms with Gasteiger partial charge in [-0.2, -0.15) is 31.8 Å². The summed E-state index contributed by atoms with van der Waals surface area (Å²) in [6.07, 6.45) is 14.6. The second-order valence-electron chi connectivity index (χ2n) is 12.6. The zero-order chi connectivity index (χ0) is 35.6. The number of hydrogen-bond donors (Lipinski definition) is 0. The van der Waals surface area contributed by atoms with Gasteiger partial charge in [-0.1, -0.05) is 0 Å². The van der Waals surface area contributed by atoms with Crippen LogP contribution in [-0.4, -0.2) is 94.0 Å². The zero-order valence-corrected chi connectivity index (χ0v) is 30.9. The lowest BCUT2D eigenvalue weighted by atomic mass is 10.1. The molecule has 0 unspecified atom stereocenters. The topological polar surface area (TPSA) is 122 Å². The molecule has 2 saturated carbocycles. The average molecular weight is 848 g/mol. The Labute approximate surface area is 303 Å². The number of hydrogen-bond acceptors (Lipinski definition) is 8. The Hall–Kier alpha value is -3.38. The number of halogens is 5. The van der Waals surface area contributed by atoms with E-state index in [1.54, 1.807) is 0 Å². The van der Waals surface area contributed by atoms with Crippen LogP contribution in [0.15, 0.2) is 58.0 Å².